The van der Waals surface area contributed by atoms with Crippen LogP contribution in [0, 0.1) is 0 Å². The van der Waals surface area contributed by atoms with Crippen molar-refractivity contribution in [3.8, 4) is 17.1 Å². The number of anilines is 1. The number of ether oxygens (including phenoxy) is 1. The maximum Gasteiger partial charge on any atom is 0.318 e. The molecule has 0 fully saturated rings. The van der Waals surface area contributed by atoms with Crippen LogP contribution >= 0.6 is 0 Å². The summed E-state index contributed by atoms with van der Waals surface area (Å²) in [6.07, 6.45) is 3.10. The van der Waals surface area contributed by atoms with Gasteiger partial charge in [0.25, 0.3) is 0 Å². The Kier molecular flexibility index (Phi) is 3.57. The summed E-state index contributed by atoms with van der Waals surface area (Å²) in [5, 5.41) is 5.18. The van der Waals surface area contributed by atoms with Gasteiger partial charge in [-0.05, 0) is 12.1 Å². The molecule has 8 nitrogen and oxygen atoms in total. The van der Waals surface area contributed by atoms with Crippen molar-refractivity contribution in [1.29, 1.82) is 0 Å². The summed E-state index contributed by atoms with van der Waals surface area (Å²) in [7, 11) is 3.11. The van der Waals surface area contributed by atoms with Gasteiger partial charge in [0.1, 0.15) is 23.4 Å². The van der Waals surface area contributed by atoms with Gasteiger partial charge in [0.15, 0.2) is 5.65 Å². The zero-order valence-corrected chi connectivity index (χ0v) is 12.0. The highest BCUT2D eigenvalue weighted by Gasteiger charge is 2.12. The highest BCUT2D eigenvalue weighted by Crippen LogP contribution is 2.31. The number of amides is 2. The molecular weight excluding hydrogens is 284 g/mol. The molecule has 2 heterocycles. The van der Waals surface area contributed by atoms with Gasteiger partial charge >= 0.3 is 6.03 Å². The van der Waals surface area contributed by atoms with E-state index >= 15 is 0 Å². The number of imidazole rings is 1. The molecule has 1 aromatic carbocycles. The van der Waals surface area contributed by atoms with E-state index in [4.69, 9.17) is 4.74 Å². The fourth-order valence-electron chi connectivity index (χ4n) is 2.05. The van der Waals surface area contributed by atoms with Crippen molar-refractivity contribution in [1.82, 2.24) is 25.3 Å². The first-order chi connectivity index (χ1) is 10.7. The van der Waals surface area contributed by atoms with E-state index in [1.165, 1.54) is 6.33 Å². The number of carbonyl (C=O) groups excluding carboxylic acids is 1. The lowest BCUT2D eigenvalue weighted by atomic mass is 10.1. The molecule has 22 heavy (non-hydrogen) atoms. The lowest BCUT2D eigenvalue weighted by Gasteiger charge is -2.10. The molecule has 0 aliphatic rings. The zero-order chi connectivity index (χ0) is 15.5. The number of hydrogen-bond donors (Lipinski definition) is 3. The third kappa shape index (κ3) is 2.53. The largest absolute Gasteiger partial charge is 0.496 e. The van der Waals surface area contributed by atoms with E-state index in [9.17, 15) is 4.79 Å². The molecule has 0 radical (unpaired) electrons. The molecule has 3 N–H and O–H groups in total. The van der Waals surface area contributed by atoms with Crippen LogP contribution < -0.4 is 15.4 Å². The normalized spacial score (nSPS) is 10.5. The summed E-state index contributed by atoms with van der Waals surface area (Å²) in [6, 6.07) is 5.01. The summed E-state index contributed by atoms with van der Waals surface area (Å²) in [6.45, 7) is 0. The molecule has 0 unspecified atom stereocenters. The van der Waals surface area contributed by atoms with Crippen molar-refractivity contribution in [3.05, 3.63) is 30.7 Å². The molecule has 0 saturated heterocycles. The van der Waals surface area contributed by atoms with Crippen molar-refractivity contribution in [2.24, 2.45) is 0 Å². The Labute approximate surface area is 126 Å². The summed E-state index contributed by atoms with van der Waals surface area (Å²) in [4.78, 5) is 27.0. The van der Waals surface area contributed by atoms with E-state index in [1.54, 1.807) is 32.5 Å². The first kappa shape index (κ1) is 13.8. The minimum absolute atomic E-state index is 0.297. The topological polar surface area (TPSA) is 105 Å². The smallest absolute Gasteiger partial charge is 0.318 e. The number of nitrogens with zero attached hydrogens (tertiary/aromatic N) is 3. The van der Waals surface area contributed by atoms with Crippen molar-refractivity contribution in [2.45, 2.75) is 0 Å². The van der Waals surface area contributed by atoms with Crippen LogP contribution in [-0.4, -0.2) is 40.1 Å². The number of aromatic nitrogens is 4. The Morgan fingerprint density at radius 1 is 1.36 bits per heavy atom. The van der Waals surface area contributed by atoms with Crippen molar-refractivity contribution in [2.75, 3.05) is 19.5 Å². The number of aromatic amines is 1. The molecule has 0 spiro atoms. The minimum atomic E-state index is -0.297. The molecule has 0 aliphatic carbocycles. The third-order valence-electron chi connectivity index (χ3n) is 3.10. The van der Waals surface area contributed by atoms with Crippen LogP contribution in [-0.2, 0) is 0 Å². The lowest BCUT2D eigenvalue weighted by molar-refractivity contribution is 0.254. The number of urea groups is 1. The van der Waals surface area contributed by atoms with E-state index in [1.807, 2.05) is 6.07 Å². The van der Waals surface area contributed by atoms with Gasteiger partial charge in [0.05, 0.1) is 18.9 Å². The number of fused-ring (bicyclic) bond motifs is 1. The molecule has 3 rings (SSSR count). The van der Waals surface area contributed by atoms with Crippen molar-refractivity contribution in [3.63, 3.8) is 0 Å². The Morgan fingerprint density at radius 2 is 2.23 bits per heavy atom. The predicted octanol–water partition coefficient (Wildman–Crippen LogP) is 1.78. The molecule has 2 aromatic heterocycles. The molecule has 0 atom stereocenters. The molecule has 0 saturated carbocycles. The van der Waals surface area contributed by atoms with Crippen LogP contribution in [0.15, 0.2) is 30.7 Å². The highest BCUT2D eigenvalue weighted by atomic mass is 16.5. The molecule has 0 aliphatic heterocycles. The molecule has 3 aromatic rings. The van der Waals surface area contributed by atoms with Gasteiger partial charge in [-0.3, -0.25) is 0 Å². The SMILES string of the molecule is CNC(=O)Nc1ccc(-c2nc3ncncc3[nH]2)c(OC)c1. The van der Waals surface area contributed by atoms with Crippen molar-refractivity contribution >= 4 is 22.9 Å². The second-order valence-electron chi connectivity index (χ2n) is 4.46. The number of hydrogen-bond acceptors (Lipinski definition) is 5. The van der Waals surface area contributed by atoms with Crippen LogP contribution in [0.1, 0.15) is 0 Å². The number of nitrogens with one attached hydrogen (secondary N) is 3. The Balaban J connectivity index is 2.01. The minimum Gasteiger partial charge on any atom is -0.496 e. The molecule has 8 heteroatoms. The van der Waals surface area contributed by atoms with E-state index in [0.29, 0.717) is 22.9 Å². The van der Waals surface area contributed by atoms with Crippen LogP contribution in [0.4, 0.5) is 10.5 Å². The van der Waals surface area contributed by atoms with Gasteiger partial charge in [-0.25, -0.2) is 19.7 Å². The fourth-order valence-corrected chi connectivity index (χ4v) is 2.05. The number of H-pyrrole nitrogens is 1. The molecular formula is C14H14N6O2. The first-order valence-corrected chi connectivity index (χ1v) is 6.54. The first-order valence-electron chi connectivity index (χ1n) is 6.54. The van der Waals surface area contributed by atoms with E-state index in [2.05, 4.69) is 30.6 Å². The van der Waals surface area contributed by atoms with Gasteiger partial charge in [-0.1, -0.05) is 0 Å². The van der Waals surface area contributed by atoms with Crippen LogP contribution in [0.5, 0.6) is 5.75 Å². The maximum absolute atomic E-state index is 11.4. The van der Waals surface area contributed by atoms with Gasteiger partial charge in [0, 0.05) is 18.8 Å². The van der Waals surface area contributed by atoms with E-state index in [-0.39, 0.29) is 6.03 Å². The quantitative estimate of drug-likeness (QED) is 0.683. The number of methoxy groups -OCH3 is 1. The van der Waals surface area contributed by atoms with Gasteiger partial charge in [-0.2, -0.15) is 0 Å². The summed E-state index contributed by atoms with van der Waals surface area (Å²) in [5.41, 5.74) is 2.71. The molecule has 112 valence electrons. The maximum atomic E-state index is 11.4. The Hall–Kier alpha value is -3.16. The predicted molar refractivity (Wildman–Crippen MR) is 81.8 cm³/mol. The number of benzene rings is 1. The molecule has 0 bridgehead atoms. The Bertz CT molecular complexity index is 796. The summed E-state index contributed by atoms with van der Waals surface area (Å²) < 4.78 is 5.38. The third-order valence-corrected chi connectivity index (χ3v) is 3.10. The van der Waals surface area contributed by atoms with E-state index in [0.717, 1.165) is 11.1 Å². The number of rotatable bonds is 3. The van der Waals surface area contributed by atoms with Crippen molar-refractivity contribution < 1.29 is 9.53 Å². The molecule has 2 amide bonds. The number of carbonyl (C=O) groups is 1. The lowest BCUT2D eigenvalue weighted by Crippen LogP contribution is -2.24. The standard InChI is InChI=1S/C14H14N6O2/c1-15-14(21)18-8-3-4-9(11(5-8)22-2)12-19-10-6-16-7-17-13(10)20-12/h3-7H,1-2H3,(H2,15,18,21)(H,16,17,19,20). The highest BCUT2D eigenvalue weighted by molar-refractivity contribution is 5.90. The van der Waals surface area contributed by atoms with Crippen LogP contribution in [0.2, 0.25) is 0 Å². The second-order valence-corrected chi connectivity index (χ2v) is 4.46. The Morgan fingerprint density at radius 3 is 2.95 bits per heavy atom. The van der Waals surface area contributed by atoms with Gasteiger partial charge < -0.3 is 20.4 Å². The van der Waals surface area contributed by atoms with Crippen LogP contribution in [0.3, 0.4) is 0 Å². The second kappa shape index (κ2) is 5.68. The fraction of sp³-hybridized carbons (Fsp3) is 0.143. The average Bonchev–Trinajstić information content (AvgIpc) is 2.98. The zero-order valence-electron chi connectivity index (χ0n) is 12.0. The average molecular weight is 298 g/mol. The summed E-state index contributed by atoms with van der Waals surface area (Å²) >= 11 is 0. The van der Waals surface area contributed by atoms with E-state index < -0.39 is 0 Å². The van der Waals surface area contributed by atoms with Gasteiger partial charge in [-0.15, -0.1) is 0 Å². The van der Waals surface area contributed by atoms with Gasteiger partial charge in [0.2, 0.25) is 0 Å². The monoisotopic (exact) mass is 298 g/mol. The summed E-state index contributed by atoms with van der Waals surface area (Å²) in [5.74, 6) is 1.21. The van der Waals surface area contributed by atoms with Crippen LogP contribution in [0.25, 0.3) is 22.6 Å².